The number of ether oxygens (including phenoxy) is 1. The first-order chi connectivity index (χ1) is 14.7. The van der Waals surface area contributed by atoms with Gasteiger partial charge in [-0.3, -0.25) is 14.9 Å². The Labute approximate surface area is 178 Å². The fraction of sp³-hybridized carbons (Fsp3) is 0.227. The van der Waals surface area contributed by atoms with Gasteiger partial charge < -0.3 is 15.0 Å². The van der Waals surface area contributed by atoms with E-state index in [0.29, 0.717) is 16.4 Å². The first kappa shape index (κ1) is 20.1. The van der Waals surface area contributed by atoms with Gasteiger partial charge in [0, 0.05) is 35.4 Å². The van der Waals surface area contributed by atoms with Gasteiger partial charge in [-0.2, -0.15) is 0 Å². The molecule has 2 aromatic carbocycles. The van der Waals surface area contributed by atoms with Crippen LogP contribution in [0.25, 0.3) is 0 Å². The molecule has 4 rings (SSSR count). The summed E-state index contributed by atoms with van der Waals surface area (Å²) in [5.74, 6) is -0.373. The number of rotatable bonds is 6. The van der Waals surface area contributed by atoms with Crippen LogP contribution in [0.1, 0.15) is 16.1 Å². The lowest BCUT2D eigenvalue weighted by Gasteiger charge is -2.28. The first-order valence-corrected chi connectivity index (χ1v) is 10.6. The molecule has 1 aromatic heterocycles. The van der Waals surface area contributed by atoms with Crippen molar-refractivity contribution >= 4 is 39.7 Å². The third-order valence-corrected chi connectivity index (χ3v) is 5.48. The fourth-order valence-corrected chi connectivity index (χ4v) is 3.86. The van der Waals surface area contributed by atoms with E-state index < -0.39 is 0 Å². The molecule has 8 heteroatoms. The van der Waals surface area contributed by atoms with Crippen LogP contribution in [0.5, 0.6) is 0 Å². The average Bonchev–Trinajstić information content (AvgIpc) is 3.22. The normalized spacial score (nSPS) is 13.7. The predicted octanol–water partition coefficient (Wildman–Crippen LogP) is 3.41. The smallest absolute Gasteiger partial charge is 0.257 e. The Morgan fingerprint density at radius 1 is 1.00 bits per heavy atom. The Hall–Kier alpha value is -3.23. The maximum Gasteiger partial charge on any atom is 0.257 e. The molecule has 7 nitrogen and oxygen atoms in total. The van der Waals surface area contributed by atoms with Gasteiger partial charge in [0.15, 0.2) is 5.13 Å². The number of hydrogen-bond donors (Lipinski definition) is 2. The molecule has 1 fully saturated rings. The standard InChI is InChI=1S/C22H22N4O3S/c27-20(23-17-6-8-19(9-7-17)26-10-12-29-13-11-26)14-18-15-30-22(24-18)25-21(28)16-4-2-1-3-5-16/h1-9,15H,10-14H2,(H,23,27)(H,24,25,28). The van der Waals surface area contributed by atoms with Crippen molar-refractivity contribution in [2.24, 2.45) is 0 Å². The van der Waals surface area contributed by atoms with E-state index in [2.05, 4.69) is 20.5 Å². The molecule has 154 valence electrons. The second kappa shape index (κ2) is 9.51. The van der Waals surface area contributed by atoms with Gasteiger partial charge in [-0.15, -0.1) is 11.3 Å². The molecule has 1 aliphatic heterocycles. The zero-order valence-electron chi connectivity index (χ0n) is 16.3. The maximum atomic E-state index is 12.4. The summed E-state index contributed by atoms with van der Waals surface area (Å²) < 4.78 is 5.37. The number of morpholine rings is 1. The van der Waals surface area contributed by atoms with Crippen LogP contribution >= 0.6 is 11.3 Å². The van der Waals surface area contributed by atoms with Gasteiger partial charge in [0.2, 0.25) is 5.91 Å². The van der Waals surface area contributed by atoms with Crippen LogP contribution in [0.3, 0.4) is 0 Å². The lowest BCUT2D eigenvalue weighted by molar-refractivity contribution is -0.115. The minimum absolute atomic E-state index is 0.142. The number of hydrogen-bond acceptors (Lipinski definition) is 6. The number of nitrogens with zero attached hydrogens (tertiary/aromatic N) is 2. The highest BCUT2D eigenvalue weighted by molar-refractivity contribution is 7.14. The second-order valence-electron chi connectivity index (χ2n) is 6.84. The van der Waals surface area contributed by atoms with E-state index in [-0.39, 0.29) is 18.2 Å². The van der Waals surface area contributed by atoms with Gasteiger partial charge in [-0.05, 0) is 36.4 Å². The summed E-state index contributed by atoms with van der Waals surface area (Å²) >= 11 is 1.30. The summed E-state index contributed by atoms with van der Waals surface area (Å²) in [7, 11) is 0. The van der Waals surface area contributed by atoms with Crippen molar-refractivity contribution in [3.05, 3.63) is 71.2 Å². The Balaban J connectivity index is 1.29. The predicted molar refractivity (Wildman–Crippen MR) is 118 cm³/mol. The molecule has 0 bridgehead atoms. The summed E-state index contributed by atoms with van der Waals surface area (Å²) in [5.41, 5.74) is 3.04. The Bertz CT molecular complexity index is 999. The second-order valence-corrected chi connectivity index (χ2v) is 7.69. The SMILES string of the molecule is O=C(Cc1csc(NC(=O)c2ccccc2)n1)Nc1ccc(N2CCOCC2)cc1. The first-order valence-electron chi connectivity index (χ1n) is 9.71. The zero-order chi connectivity index (χ0) is 20.8. The van der Waals surface area contributed by atoms with Crippen molar-refractivity contribution in [3.8, 4) is 0 Å². The quantitative estimate of drug-likeness (QED) is 0.636. The summed E-state index contributed by atoms with van der Waals surface area (Å²) in [6.07, 6.45) is 0.142. The van der Waals surface area contributed by atoms with E-state index in [1.807, 2.05) is 30.3 Å². The van der Waals surface area contributed by atoms with Crippen molar-refractivity contribution in [1.82, 2.24) is 4.98 Å². The van der Waals surface area contributed by atoms with E-state index in [4.69, 9.17) is 4.74 Å². The van der Waals surface area contributed by atoms with E-state index in [1.165, 1.54) is 11.3 Å². The number of thiazole rings is 1. The van der Waals surface area contributed by atoms with Crippen LogP contribution in [0, 0.1) is 0 Å². The molecule has 0 aliphatic carbocycles. The molecule has 1 saturated heterocycles. The molecule has 2 amide bonds. The summed E-state index contributed by atoms with van der Waals surface area (Å²) in [6.45, 7) is 3.22. The third-order valence-electron chi connectivity index (χ3n) is 4.68. The number of nitrogens with one attached hydrogen (secondary N) is 2. The van der Waals surface area contributed by atoms with Gasteiger partial charge >= 0.3 is 0 Å². The molecule has 0 atom stereocenters. The van der Waals surface area contributed by atoms with Crippen LogP contribution in [-0.4, -0.2) is 43.1 Å². The monoisotopic (exact) mass is 422 g/mol. The molecule has 0 unspecified atom stereocenters. The van der Waals surface area contributed by atoms with Crippen molar-refractivity contribution in [1.29, 1.82) is 0 Å². The number of carbonyl (C=O) groups is 2. The van der Waals surface area contributed by atoms with E-state index in [0.717, 1.165) is 37.7 Å². The molecule has 3 aromatic rings. The Kier molecular flexibility index (Phi) is 6.36. The van der Waals surface area contributed by atoms with Crippen LogP contribution in [0.15, 0.2) is 60.0 Å². The summed E-state index contributed by atoms with van der Waals surface area (Å²) in [6, 6.07) is 16.7. The molecule has 2 N–H and O–H groups in total. The number of amides is 2. The lowest BCUT2D eigenvalue weighted by Crippen LogP contribution is -2.36. The number of aromatic nitrogens is 1. The van der Waals surface area contributed by atoms with E-state index >= 15 is 0 Å². The molecular weight excluding hydrogens is 400 g/mol. The van der Waals surface area contributed by atoms with Gasteiger partial charge in [0.1, 0.15) is 0 Å². The molecular formula is C22H22N4O3S. The minimum Gasteiger partial charge on any atom is -0.378 e. The van der Waals surface area contributed by atoms with Crippen molar-refractivity contribution in [2.45, 2.75) is 6.42 Å². The fourth-order valence-electron chi connectivity index (χ4n) is 3.15. The van der Waals surface area contributed by atoms with Crippen LogP contribution in [0.4, 0.5) is 16.5 Å². The Morgan fingerprint density at radius 3 is 2.47 bits per heavy atom. The molecule has 0 spiro atoms. The van der Waals surface area contributed by atoms with Crippen molar-refractivity contribution < 1.29 is 14.3 Å². The van der Waals surface area contributed by atoms with Gasteiger partial charge in [0.05, 0.1) is 25.3 Å². The number of carbonyl (C=O) groups excluding carboxylic acids is 2. The molecule has 1 aliphatic rings. The minimum atomic E-state index is -0.221. The van der Waals surface area contributed by atoms with Gasteiger partial charge in [0.25, 0.3) is 5.91 Å². The topological polar surface area (TPSA) is 83.6 Å². The van der Waals surface area contributed by atoms with E-state index in [9.17, 15) is 9.59 Å². The molecule has 30 heavy (non-hydrogen) atoms. The van der Waals surface area contributed by atoms with E-state index in [1.54, 1.807) is 29.6 Å². The summed E-state index contributed by atoms with van der Waals surface area (Å²) in [5, 5.41) is 7.91. The highest BCUT2D eigenvalue weighted by Crippen LogP contribution is 2.20. The third kappa shape index (κ3) is 5.22. The number of anilines is 3. The highest BCUT2D eigenvalue weighted by atomic mass is 32.1. The van der Waals surface area contributed by atoms with Crippen LogP contribution in [0.2, 0.25) is 0 Å². The van der Waals surface area contributed by atoms with Gasteiger partial charge in [-0.1, -0.05) is 18.2 Å². The van der Waals surface area contributed by atoms with Crippen molar-refractivity contribution in [2.75, 3.05) is 41.8 Å². The van der Waals surface area contributed by atoms with Crippen LogP contribution in [-0.2, 0) is 16.0 Å². The zero-order valence-corrected chi connectivity index (χ0v) is 17.2. The largest absolute Gasteiger partial charge is 0.378 e. The number of benzene rings is 2. The molecule has 0 radical (unpaired) electrons. The Morgan fingerprint density at radius 2 is 1.73 bits per heavy atom. The van der Waals surface area contributed by atoms with Gasteiger partial charge in [-0.25, -0.2) is 4.98 Å². The highest BCUT2D eigenvalue weighted by Gasteiger charge is 2.13. The summed E-state index contributed by atoms with van der Waals surface area (Å²) in [4.78, 5) is 31.2. The lowest BCUT2D eigenvalue weighted by atomic mass is 10.2. The van der Waals surface area contributed by atoms with Crippen LogP contribution < -0.4 is 15.5 Å². The maximum absolute atomic E-state index is 12.4. The average molecular weight is 423 g/mol. The molecule has 2 heterocycles. The van der Waals surface area contributed by atoms with Crippen molar-refractivity contribution in [3.63, 3.8) is 0 Å². The molecule has 0 saturated carbocycles.